The van der Waals surface area contributed by atoms with Crippen molar-refractivity contribution in [2.45, 2.75) is 24.8 Å². The van der Waals surface area contributed by atoms with Gasteiger partial charge >= 0.3 is 0 Å². The molecule has 0 N–H and O–H groups in total. The largest absolute Gasteiger partial charge is 0.340 e. The van der Waals surface area contributed by atoms with Crippen molar-refractivity contribution in [2.75, 3.05) is 27.7 Å². The number of likely N-dealkylation sites (N-methyl/N-ethyl adjacent to an activating group) is 2. The Balaban J connectivity index is 2.05. The summed E-state index contributed by atoms with van der Waals surface area (Å²) in [7, 11) is 6.13. The third kappa shape index (κ3) is 3.11. The Bertz CT molecular complexity index is 452. The molecule has 4 heteroatoms. The minimum atomic E-state index is 0.115. The van der Waals surface area contributed by atoms with Crippen molar-refractivity contribution in [1.29, 1.82) is 0 Å². The molecule has 19 heavy (non-hydrogen) atoms. The summed E-state index contributed by atoms with van der Waals surface area (Å²) in [6.07, 6.45) is 3.64. The van der Waals surface area contributed by atoms with Gasteiger partial charge in [0.2, 0.25) is 0 Å². The molecule has 0 atom stereocenters. The molecule has 0 spiro atoms. The van der Waals surface area contributed by atoms with Gasteiger partial charge in [-0.25, -0.2) is 0 Å². The second kappa shape index (κ2) is 5.79. The van der Waals surface area contributed by atoms with Crippen LogP contribution >= 0.6 is 22.6 Å². The molecule has 1 aliphatic carbocycles. The molecule has 1 aromatic carbocycles. The van der Waals surface area contributed by atoms with Crippen LogP contribution in [0.4, 0.5) is 0 Å². The summed E-state index contributed by atoms with van der Waals surface area (Å²) < 4.78 is 1.15. The SMILES string of the molecule is CN(CC1(N(C)C)CCC1)C(=O)c1ccc(I)cc1. The Labute approximate surface area is 129 Å². The quantitative estimate of drug-likeness (QED) is 0.759. The van der Waals surface area contributed by atoms with Gasteiger partial charge in [-0.1, -0.05) is 0 Å². The number of nitrogens with zero attached hydrogens (tertiary/aromatic N) is 2. The van der Waals surface area contributed by atoms with Gasteiger partial charge in [-0.05, 0) is 80.2 Å². The molecule has 104 valence electrons. The lowest BCUT2D eigenvalue weighted by atomic mass is 9.75. The molecular weight excluding hydrogens is 351 g/mol. The third-order valence-corrected chi connectivity index (χ3v) is 4.92. The van der Waals surface area contributed by atoms with E-state index in [9.17, 15) is 4.79 Å². The first kappa shape index (κ1) is 14.8. The summed E-state index contributed by atoms with van der Waals surface area (Å²) in [4.78, 5) is 16.5. The van der Waals surface area contributed by atoms with E-state index in [1.807, 2.05) is 36.2 Å². The van der Waals surface area contributed by atoms with E-state index in [0.717, 1.165) is 15.7 Å². The van der Waals surface area contributed by atoms with Gasteiger partial charge in [0, 0.05) is 28.3 Å². The molecule has 0 aliphatic heterocycles. The minimum Gasteiger partial charge on any atom is -0.340 e. The van der Waals surface area contributed by atoms with Crippen molar-refractivity contribution >= 4 is 28.5 Å². The van der Waals surface area contributed by atoms with Gasteiger partial charge < -0.3 is 9.80 Å². The highest BCUT2D eigenvalue weighted by Crippen LogP contribution is 2.36. The fourth-order valence-electron chi connectivity index (χ4n) is 2.66. The fraction of sp³-hybridized carbons (Fsp3) is 0.533. The van der Waals surface area contributed by atoms with Gasteiger partial charge in [0.15, 0.2) is 0 Å². The maximum Gasteiger partial charge on any atom is 0.253 e. The second-order valence-corrected chi connectivity index (χ2v) is 6.89. The van der Waals surface area contributed by atoms with Gasteiger partial charge in [0.25, 0.3) is 5.91 Å². The van der Waals surface area contributed by atoms with Crippen LogP contribution < -0.4 is 0 Å². The lowest BCUT2D eigenvalue weighted by Crippen LogP contribution is -2.57. The van der Waals surface area contributed by atoms with Crippen LogP contribution in [-0.2, 0) is 0 Å². The zero-order valence-corrected chi connectivity index (χ0v) is 14.0. The van der Waals surface area contributed by atoms with Crippen molar-refractivity contribution in [2.24, 2.45) is 0 Å². The standard InChI is InChI=1S/C15H21IN2O/c1-17(2)15(9-4-10-15)11-18(3)14(19)12-5-7-13(16)8-6-12/h5-8H,4,9-11H2,1-3H3. The summed E-state index contributed by atoms with van der Waals surface area (Å²) in [5.41, 5.74) is 0.962. The molecule has 0 bridgehead atoms. The molecule has 1 saturated carbocycles. The van der Waals surface area contributed by atoms with Gasteiger partial charge in [-0.3, -0.25) is 4.79 Å². The van der Waals surface area contributed by atoms with E-state index in [1.165, 1.54) is 19.3 Å². The summed E-state index contributed by atoms with van der Waals surface area (Å²) in [5, 5.41) is 0. The van der Waals surface area contributed by atoms with Crippen molar-refractivity contribution in [3.63, 3.8) is 0 Å². The number of carbonyl (C=O) groups excluding carboxylic acids is 1. The van der Waals surface area contributed by atoms with Gasteiger partial charge in [-0.2, -0.15) is 0 Å². The molecule has 1 amide bonds. The van der Waals surface area contributed by atoms with Gasteiger partial charge in [0.05, 0.1) is 0 Å². The second-order valence-electron chi connectivity index (χ2n) is 5.64. The van der Waals surface area contributed by atoms with Crippen molar-refractivity contribution in [1.82, 2.24) is 9.80 Å². The number of hydrogen-bond acceptors (Lipinski definition) is 2. The molecule has 1 aromatic rings. The highest BCUT2D eigenvalue weighted by Gasteiger charge is 2.40. The monoisotopic (exact) mass is 372 g/mol. The first-order valence-corrected chi connectivity index (χ1v) is 7.71. The van der Waals surface area contributed by atoms with Crippen LogP contribution in [0.1, 0.15) is 29.6 Å². The molecule has 0 saturated heterocycles. The molecule has 0 unspecified atom stereocenters. The molecule has 0 radical (unpaired) electrons. The lowest BCUT2D eigenvalue weighted by molar-refractivity contribution is 0.0252. The number of amides is 1. The first-order chi connectivity index (χ1) is 8.94. The van der Waals surface area contributed by atoms with Crippen LogP contribution in [0.5, 0.6) is 0 Å². The van der Waals surface area contributed by atoms with Gasteiger partial charge in [-0.15, -0.1) is 0 Å². The normalized spacial score (nSPS) is 17.1. The van der Waals surface area contributed by atoms with Crippen molar-refractivity contribution < 1.29 is 4.79 Å². The van der Waals surface area contributed by atoms with Crippen LogP contribution in [0.3, 0.4) is 0 Å². The first-order valence-electron chi connectivity index (χ1n) is 6.63. The molecule has 0 aromatic heterocycles. The molecule has 0 heterocycles. The number of halogens is 1. The van der Waals surface area contributed by atoms with E-state index >= 15 is 0 Å². The maximum atomic E-state index is 12.4. The average Bonchev–Trinajstić information content (AvgIpc) is 2.33. The van der Waals surface area contributed by atoms with Crippen LogP contribution in [0.2, 0.25) is 0 Å². The summed E-state index contributed by atoms with van der Waals surface area (Å²) >= 11 is 2.25. The van der Waals surface area contributed by atoms with Gasteiger partial charge in [0.1, 0.15) is 0 Å². The van der Waals surface area contributed by atoms with E-state index < -0.39 is 0 Å². The molecule has 1 aliphatic rings. The highest BCUT2D eigenvalue weighted by atomic mass is 127. The zero-order chi connectivity index (χ0) is 14.0. The van der Waals surface area contributed by atoms with E-state index in [0.29, 0.717) is 0 Å². The summed E-state index contributed by atoms with van der Waals surface area (Å²) in [6.45, 7) is 0.810. The Kier molecular flexibility index (Phi) is 4.50. The smallest absolute Gasteiger partial charge is 0.253 e. The highest BCUT2D eigenvalue weighted by molar-refractivity contribution is 14.1. The van der Waals surface area contributed by atoms with Crippen LogP contribution in [-0.4, -0.2) is 48.9 Å². The molecule has 3 nitrogen and oxygen atoms in total. The van der Waals surface area contributed by atoms with E-state index in [4.69, 9.17) is 0 Å². The minimum absolute atomic E-state index is 0.115. The third-order valence-electron chi connectivity index (χ3n) is 4.20. The number of hydrogen-bond donors (Lipinski definition) is 0. The Morgan fingerprint density at radius 3 is 2.21 bits per heavy atom. The fourth-order valence-corrected chi connectivity index (χ4v) is 3.02. The van der Waals surface area contributed by atoms with E-state index in [1.54, 1.807) is 0 Å². The predicted molar refractivity (Wildman–Crippen MR) is 86.4 cm³/mol. The zero-order valence-electron chi connectivity index (χ0n) is 11.8. The molecule has 1 fully saturated rings. The Hall–Kier alpha value is -0.620. The average molecular weight is 372 g/mol. The number of carbonyl (C=O) groups is 1. The number of benzene rings is 1. The van der Waals surface area contributed by atoms with Crippen LogP contribution in [0.15, 0.2) is 24.3 Å². The maximum absolute atomic E-state index is 12.4. The van der Waals surface area contributed by atoms with Crippen LogP contribution in [0.25, 0.3) is 0 Å². The summed E-state index contributed by atoms with van der Waals surface area (Å²) in [6, 6.07) is 7.77. The van der Waals surface area contributed by atoms with Crippen molar-refractivity contribution in [3.05, 3.63) is 33.4 Å². The topological polar surface area (TPSA) is 23.6 Å². The van der Waals surface area contributed by atoms with Crippen LogP contribution in [0, 0.1) is 3.57 Å². The summed E-state index contributed by atoms with van der Waals surface area (Å²) in [5.74, 6) is 0.115. The number of rotatable bonds is 4. The Morgan fingerprint density at radius 1 is 1.21 bits per heavy atom. The lowest BCUT2D eigenvalue weighted by Gasteiger charge is -2.49. The predicted octanol–water partition coefficient (Wildman–Crippen LogP) is 2.85. The Morgan fingerprint density at radius 2 is 1.79 bits per heavy atom. The van der Waals surface area contributed by atoms with E-state index in [-0.39, 0.29) is 11.4 Å². The van der Waals surface area contributed by atoms with Crippen molar-refractivity contribution in [3.8, 4) is 0 Å². The molecule has 2 rings (SSSR count). The molecular formula is C15H21IN2O. The van der Waals surface area contributed by atoms with E-state index in [2.05, 4.69) is 41.6 Å².